The number of hydrogen-bond acceptors (Lipinski definition) is 2. The topological polar surface area (TPSA) is 28.5 Å². The lowest BCUT2D eigenvalue weighted by Crippen LogP contribution is -2.48. The van der Waals surface area contributed by atoms with Gasteiger partial charge in [-0.15, -0.1) is 0 Å². The zero-order chi connectivity index (χ0) is 17.9. The molecule has 0 spiro atoms. The first-order valence-corrected chi connectivity index (χ1v) is 9.28. The second-order valence-corrected chi connectivity index (χ2v) is 7.10. The first-order valence-electron chi connectivity index (χ1n) is 9.28. The molecule has 4 rings (SSSR count). The van der Waals surface area contributed by atoms with Crippen LogP contribution in [0.3, 0.4) is 0 Å². The maximum atomic E-state index is 12.8. The van der Waals surface area contributed by atoms with Crippen molar-refractivity contribution in [2.75, 3.05) is 26.2 Å². The highest BCUT2D eigenvalue weighted by Gasteiger charge is 2.22. The van der Waals surface area contributed by atoms with Gasteiger partial charge in [-0.3, -0.25) is 9.69 Å². The summed E-state index contributed by atoms with van der Waals surface area (Å²) in [5.74, 6) is 0.237. The number of para-hydroxylation sites is 1. The number of benzene rings is 2. The maximum Gasteiger partial charge on any atom is 0.227 e. The van der Waals surface area contributed by atoms with Crippen LogP contribution in [0.15, 0.2) is 60.8 Å². The largest absolute Gasteiger partial charge is 0.350 e. The van der Waals surface area contributed by atoms with Crippen LogP contribution in [0, 0.1) is 0 Å². The fraction of sp³-hybridized carbons (Fsp3) is 0.318. The summed E-state index contributed by atoms with van der Waals surface area (Å²) in [4.78, 5) is 17.2. The average Bonchev–Trinajstić information content (AvgIpc) is 2.99. The number of carbonyl (C=O) groups is 1. The molecule has 3 aromatic rings. The average molecular weight is 347 g/mol. The molecule has 1 saturated heterocycles. The van der Waals surface area contributed by atoms with E-state index in [9.17, 15) is 4.79 Å². The van der Waals surface area contributed by atoms with Crippen molar-refractivity contribution in [1.29, 1.82) is 0 Å². The molecule has 2 aromatic carbocycles. The molecular formula is C22H25N3O. The molecule has 26 heavy (non-hydrogen) atoms. The van der Waals surface area contributed by atoms with Gasteiger partial charge in [0.25, 0.3) is 0 Å². The van der Waals surface area contributed by atoms with Gasteiger partial charge in [0.05, 0.1) is 6.42 Å². The Morgan fingerprint density at radius 1 is 0.923 bits per heavy atom. The van der Waals surface area contributed by atoms with E-state index in [0.717, 1.165) is 38.3 Å². The lowest BCUT2D eigenvalue weighted by molar-refractivity contribution is -0.132. The Hall–Kier alpha value is -2.59. The smallest absolute Gasteiger partial charge is 0.227 e. The third kappa shape index (κ3) is 3.51. The molecule has 0 radical (unpaired) electrons. The van der Waals surface area contributed by atoms with Gasteiger partial charge in [-0.25, -0.2) is 0 Å². The molecule has 0 bridgehead atoms. The lowest BCUT2D eigenvalue weighted by Gasteiger charge is -2.34. The second-order valence-electron chi connectivity index (χ2n) is 7.10. The van der Waals surface area contributed by atoms with Crippen LogP contribution in [0.2, 0.25) is 0 Å². The lowest BCUT2D eigenvalue weighted by atomic mass is 10.1. The van der Waals surface area contributed by atoms with Crippen LogP contribution < -0.4 is 0 Å². The van der Waals surface area contributed by atoms with E-state index in [4.69, 9.17) is 0 Å². The van der Waals surface area contributed by atoms with Crippen LogP contribution in [0.4, 0.5) is 0 Å². The minimum Gasteiger partial charge on any atom is -0.350 e. The van der Waals surface area contributed by atoms with E-state index >= 15 is 0 Å². The van der Waals surface area contributed by atoms with Crippen molar-refractivity contribution < 1.29 is 4.79 Å². The van der Waals surface area contributed by atoms with Gasteiger partial charge in [-0.05, 0) is 17.2 Å². The normalized spacial score (nSPS) is 15.5. The number of hydrogen-bond donors (Lipinski definition) is 0. The zero-order valence-electron chi connectivity index (χ0n) is 15.3. The summed E-state index contributed by atoms with van der Waals surface area (Å²) in [6, 6.07) is 18.8. The molecule has 0 N–H and O–H groups in total. The molecule has 4 heteroatoms. The van der Waals surface area contributed by atoms with Gasteiger partial charge in [0, 0.05) is 56.9 Å². The Balaban J connectivity index is 1.36. The van der Waals surface area contributed by atoms with E-state index < -0.39 is 0 Å². The van der Waals surface area contributed by atoms with Gasteiger partial charge < -0.3 is 9.47 Å². The Bertz CT molecular complexity index is 892. The molecule has 1 fully saturated rings. The number of rotatable bonds is 4. The molecule has 1 aliphatic heterocycles. The number of piperazine rings is 1. The minimum absolute atomic E-state index is 0.237. The Morgan fingerprint density at radius 2 is 1.62 bits per heavy atom. The summed E-state index contributed by atoms with van der Waals surface area (Å²) in [6.07, 6.45) is 2.58. The van der Waals surface area contributed by atoms with E-state index in [1.165, 1.54) is 16.5 Å². The fourth-order valence-electron chi connectivity index (χ4n) is 3.84. The predicted octanol–water partition coefficient (Wildman–Crippen LogP) is 3.07. The molecular weight excluding hydrogens is 322 g/mol. The number of fused-ring (bicyclic) bond motifs is 1. The van der Waals surface area contributed by atoms with Crippen LogP contribution in [-0.2, 0) is 24.8 Å². The van der Waals surface area contributed by atoms with E-state index in [2.05, 4.69) is 52.1 Å². The van der Waals surface area contributed by atoms with Crippen LogP contribution in [0.5, 0.6) is 0 Å². The number of aryl methyl sites for hydroxylation is 1. The van der Waals surface area contributed by atoms with E-state index in [1.807, 2.05) is 30.1 Å². The third-order valence-corrected chi connectivity index (χ3v) is 5.30. The SMILES string of the molecule is Cn1cc(CC(=O)N2CCN(Cc3ccccc3)CC2)c2ccccc21. The van der Waals surface area contributed by atoms with Gasteiger partial charge in [-0.2, -0.15) is 0 Å². The Morgan fingerprint density at radius 3 is 2.38 bits per heavy atom. The molecule has 4 nitrogen and oxygen atoms in total. The number of amides is 1. The van der Waals surface area contributed by atoms with Crippen molar-refractivity contribution in [3.05, 3.63) is 71.9 Å². The molecule has 0 saturated carbocycles. The van der Waals surface area contributed by atoms with Crippen molar-refractivity contribution in [3.8, 4) is 0 Å². The summed E-state index contributed by atoms with van der Waals surface area (Å²) in [6.45, 7) is 4.48. The molecule has 0 unspecified atom stereocenters. The monoisotopic (exact) mass is 347 g/mol. The summed E-state index contributed by atoms with van der Waals surface area (Å²) in [5.41, 5.74) is 3.64. The Labute approximate surface area is 154 Å². The number of carbonyl (C=O) groups excluding carboxylic acids is 1. The van der Waals surface area contributed by atoms with Gasteiger partial charge in [0.2, 0.25) is 5.91 Å². The standard InChI is InChI=1S/C22H25N3O/c1-23-17-19(20-9-5-6-10-21(20)23)15-22(26)25-13-11-24(12-14-25)16-18-7-3-2-4-8-18/h2-10,17H,11-16H2,1H3. The van der Waals surface area contributed by atoms with Crippen LogP contribution >= 0.6 is 0 Å². The maximum absolute atomic E-state index is 12.8. The summed E-state index contributed by atoms with van der Waals surface area (Å²) in [5, 5.41) is 1.19. The molecule has 134 valence electrons. The van der Waals surface area contributed by atoms with Gasteiger partial charge >= 0.3 is 0 Å². The fourth-order valence-corrected chi connectivity index (χ4v) is 3.84. The molecule has 0 aliphatic carbocycles. The van der Waals surface area contributed by atoms with Crippen molar-refractivity contribution >= 4 is 16.8 Å². The molecule has 1 aromatic heterocycles. The summed E-state index contributed by atoms with van der Waals surface area (Å²) in [7, 11) is 2.04. The molecule has 2 heterocycles. The highest BCUT2D eigenvalue weighted by molar-refractivity contribution is 5.89. The van der Waals surface area contributed by atoms with Gasteiger partial charge in [0.1, 0.15) is 0 Å². The van der Waals surface area contributed by atoms with Crippen molar-refractivity contribution in [1.82, 2.24) is 14.4 Å². The summed E-state index contributed by atoms with van der Waals surface area (Å²) < 4.78 is 2.11. The predicted molar refractivity (Wildman–Crippen MR) is 105 cm³/mol. The van der Waals surface area contributed by atoms with Gasteiger partial charge in [0.15, 0.2) is 0 Å². The first kappa shape index (κ1) is 16.9. The van der Waals surface area contributed by atoms with E-state index in [-0.39, 0.29) is 5.91 Å². The third-order valence-electron chi connectivity index (χ3n) is 5.30. The quantitative estimate of drug-likeness (QED) is 0.726. The van der Waals surface area contributed by atoms with Crippen LogP contribution in [0.1, 0.15) is 11.1 Å². The van der Waals surface area contributed by atoms with Gasteiger partial charge in [-0.1, -0.05) is 48.5 Å². The number of aromatic nitrogens is 1. The Kier molecular flexibility index (Phi) is 4.76. The molecule has 1 aliphatic rings. The number of nitrogens with zero attached hydrogens (tertiary/aromatic N) is 3. The zero-order valence-corrected chi connectivity index (χ0v) is 15.3. The van der Waals surface area contributed by atoms with Crippen LogP contribution in [0.25, 0.3) is 10.9 Å². The van der Waals surface area contributed by atoms with E-state index in [0.29, 0.717) is 6.42 Å². The highest BCUT2D eigenvalue weighted by Crippen LogP contribution is 2.21. The minimum atomic E-state index is 0.237. The molecule has 1 amide bonds. The highest BCUT2D eigenvalue weighted by atomic mass is 16.2. The van der Waals surface area contributed by atoms with Crippen molar-refractivity contribution in [2.24, 2.45) is 7.05 Å². The van der Waals surface area contributed by atoms with Crippen LogP contribution in [-0.4, -0.2) is 46.5 Å². The summed E-state index contributed by atoms with van der Waals surface area (Å²) >= 11 is 0. The van der Waals surface area contributed by atoms with E-state index in [1.54, 1.807) is 0 Å². The molecule has 0 atom stereocenters. The second kappa shape index (κ2) is 7.34. The van der Waals surface area contributed by atoms with Crippen molar-refractivity contribution in [2.45, 2.75) is 13.0 Å². The first-order chi connectivity index (χ1) is 12.7. The van der Waals surface area contributed by atoms with Crippen molar-refractivity contribution in [3.63, 3.8) is 0 Å².